The van der Waals surface area contributed by atoms with Crippen molar-refractivity contribution in [3.63, 3.8) is 0 Å². The van der Waals surface area contributed by atoms with Crippen LogP contribution < -0.4 is 0 Å². The zero-order valence-electron chi connectivity index (χ0n) is 8.53. The number of carboxylic acids is 1. The zero-order valence-corrected chi connectivity index (χ0v) is 8.53. The number of rotatable bonds is 2. The molecule has 0 aromatic carbocycles. The highest BCUT2D eigenvalue weighted by molar-refractivity contribution is 5.85. The average molecular weight is 198 g/mol. The minimum absolute atomic E-state index is 0.165. The Morgan fingerprint density at radius 3 is 2.71 bits per heavy atom. The molecule has 0 amide bonds. The van der Waals surface area contributed by atoms with E-state index in [1.165, 1.54) is 6.92 Å². The molecule has 1 atom stereocenters. The van der Waals surface area contributed by atoms with Gasteiger partial charge < -0.3 is 14.6 Å². The van der Waals surface area contributed by atoms with Gasteiger partial charge in [0.15, 0.2) is 5.79 Å². The summed E-state index contributed by atoms with van der Waals surface area (Å²) in [6.45, 7) is 5.55. The maximum Gasteiger partial charge on any atom is 0.339 e. The molecule has 4 nitrogen and oxygen atoms in total. The number of carboxylic acid groups (broad SMARTS) is 1. The lowest BCUT2D eigenvalue weighted by Gasteiger charge is -2.15. The van der Waals surface area contributed by atoms with Gasteiger partial charge in [-0.3, -0.25) is 0 Å². The summed E-state index contributed by atoms with van der Waals surface area (Å²) in [6, 6.07) is 0. The summed E-state index contributed by atoms with van der Waals surface area (Å²) in [5.41, 5.74) is 2.81. The van der Waals surface area contributed by atoms with Crippen LogP contribution in [0.5, 0.6) is 0 Å². The summed E-state index contributed by atoms with van der Waals surface area (Å²) < 4.78 is 10.7. The first-order valence-corrected chi connectivity index (χ1v) is 4.39. The van der Waals surface area contributed by atoms with Crippen molar-refractivity contribution in [1.82, 2.24) is 0 Å². The van der Waals surface area contributed by atoms with Crippen LogP contribution in [0.3, 0.4) is 0 Å². The Labute approximate surface area is 82.8 Å². The fourth-order valence-corrected chi connectivity index (χ4v) is 1.08. The maximum atomic E-state index is 10.4. The van der Waals surface area contributed by atoms with E-state index in [1.54, 1.807) is 6.08 Å². The molecule has 78 valence electrons. The normalized spacial score (nSPS) is 24.1. The molecule has 0 radical (unpaired) electrons. The molecule has 1 N–H and O–H groups in total. The summed E-state index contributed by atoms with van der Waals surface area (Å²) in [5.74, 6) is -1.56. The van der Waals surface area contributed by atoms with Gasteiger partial charge in [0.25, 0.3) is 0 Å². The number of hydrogen-bond acceptors (Lipinski definition) is 3. The fraction of sp³-hybridized carbons (Fsp3) is 0.600. The quantitative estimate of drug-likeness (QED) is 0.537. The van der Waals surface area contributed by atoms with Crippen LogP contribution >= 0.6 is 0 Å². The molecule has 1 unspecified atom stereocenters. The van der Waals surface area contributed by atoms with Gasteiger partial charge >= 0.3 is 5.97 Å². The summed E-state index contributed by atoms with van der Waals surface area (Å²) >= 11 is 0. The molecule has 0 saturated carbocycles. The third-order valence-corrected chi connectivity index (χ3v) is 1.84. The zero-order chi connectivity index (χ0) is 10.8. The van der Waals surface area contributed by atoms with Crippen molar-refractivity contribution in [2.75, 3.05) is 6.61 Å². The third-order valence-electron chi connectivity index (χ3n) is 1.84. The number of aliphatic carboxylic acids is 1. The highest BCUT2D eigenvalue weighted by Crippen LogP contribution is 2.22. The highest BCUT2D eigenvalue weighted by atomic mass is 16.7. The van der Waals surface area contributed by atoms with E-state index in [-0.39, 0.29) is 11.7 Å². The van der Waals surface area contributed by atoms with Crippen molar-refractivity contribution < 1.29 is 19.4 Å². The van der Waals surface area contributed by atoms with E-state index in [1.807, 2.05) is 13.8 Å². The maximum absolute atomic E-state index is 10.4. The first-order chi connectivity index (χ1) is 6.41. The van der Waals surface area contributed by atoms with Gasteiger partial charge in [0.1, 0.15) is 6.10 Å². The Kier molecular flexibility index (Phi) is 3.11. The van der Waals surface area contributed by atoms with E-state index >= 15 is 0 Å². The van der Waals surface area contributed by atoms with Crippen LogP contribution in [0, 0.1) is 0 Å². The van der Waals surface area contributed by atoms with E-state index in [0.29, 0.717) is 6.61 Å². The van der Waals surface area contributed by atoms with Gasteiger partial charge in [-0.25, -0.2) is 4.79 Å². The Bertz CT molecular complexity index is 297. The lowest BCUT2D eigenvalue weighted by molar-refractivity contribution is -0.133. The van der Waals surface area contributed by atoms with Crippen LogP contribution in [-0.4, -0.2) is 29.6 Å². The van der Waals surface area contributed by atoms with Crippen molar-refractivity contribution in [2.24, 2.45) is 0 Å². The Hall–Kier alpha value is -1.09. The van der Waals surface area contributed by atoms with Gasteiger partial charge in [-0.05, 0) is 26.8 Å². The number of carbonyl (C=O) groups is 1. The molecule has 1 fully saturated rings. The summed E-state index contributed by atoms with van der Waals surface area (Å²) in [7, 11) is 0. The van der Waals surface area contributed by atoms with Crippen molar-refractivity contribution in [1.29, 1.82) is 0 Å². The molecule has 1 aliphatic heterocycles. The number of hydrogen-bond donors (Lipinski definition) is 1. The highest BCUT2D eigenvalue weighted by Gasteiger charge is 2.30. The van der Waals surface area contributed by atoms with Crippen LogP contribution in [0.15, 0.2) is 17.4 Å². The van der Waals surface area contributed by atoms with Crippen LogP contribution in [0.4, 0.5) is 0 Å². The summed E-state index contributed by atoms with van der Waals surface area (Å²) in [6.07, 6.45) is 1.37. The molecule has 1 heterocycles. The van der Waals surface area contributed by atoms with Crippen LogP contribution in [0.2, 0.25) is 0 Å². The molecule has 4 heteroatoms. The lowest BCUT2D eigenvalue weighted by Crippen LogP contribution is -2.20. The topological polar surface area (TPSA) is 55.8 Å². The monoisotopic (exact) mass is 198 g/mol. The second-order valence-electron chi connectivity index (χ2n) is 3.61. The second-order valence-corrected chi connectivity index (χ2v) is 3.61. The molecule has 0 spiro atoms. The van der Waals surface area contributed by atoms with E-state index in [9.17, 15) is 4.79 Å². The molecular weight excluding hydrogens is 184 g/mol. The van der Waals surface area contributed by atoms with Crippen molar-refractivity contribution in [2.45, 2.75) is 32.7 Å². The molecule has 0 bridgehead atoms. The predicted molar refractivity (Wildman–Crippen MR) is 49.8 cm³/mol. The van der Waals surface area contributed by atoms with Crippen LogP contribution in [0.25, 0.3) is 0 Å². The molecule has 0 aromatic heterocycles. The molecule has 0 aliphatic carbocycles. The third kappa shape index (κ3) is 3.00. The van der Waals surface area contributed by atoms with Gasteiger partial charge in [-0.1, -0.05) is 0 Å². The predicted octanol–water partition coefficient (Wildman–Crippen LogP) is 1.32. The van der Waals surface area contributed by atoms with Crippen molar-refractivity contribution in [3.8, 4) is 0 Å². The molecule has 0 aromatic rings. The van der Waals surface area contributed by atoms with Gasteiger partial charge in [-0.15, -0.1) is 5.73 Å². The molecule has 1 rings (SSSR count). The van der Waals surface area contributed by atoms with Gasteiger partial charge in [0.05, 0.1) is 12.2 Å². The van der Waals surface area contributed by atoms with E-state index in [0.717, 1.165) is 0 Å². The largest absolute Gasteiger partial charge is 0.477 e. The molecular formula is C10H14O4. The minimum atomic E-state index is -0.973. The average Bonchev–Trinajstić information content (AvgIpc) is 2.41. The van der Waals surface area contributed by atoms with E-state index in [2.05, 4.69) is 5.73 Å². The molecule has 1 aliphatic rings. The minimum Gasteiger partial charge on any atom is -0.477 e. The van der Waals surface area contributed by atoms with Gasteiger partial charge in [0.2, 0.25) is 0 Å². The van der Waals surface area contributed by atoms with Crippen LogP contribution in [-0.2, 0) is 14.3 Å². The van der Waals surface area contributed by atoms with Gasteiger partial charge in [-0.2, -0.15) is 0 Å². The van der Waals surface area contributed by atoms with E-state index < -0.39 is 11.8 Å². The van der Waals surface area contributed by atoms with Crippen molar-refractivity contribution >= 4 is 5.97 Å². The standard InChI is InChI=1S/C10H14O4/c1-7(9(11)12)4-5-8-6-13-10(2,3)14-8/h5,8H,6H2,1-3H3,(H,11,12). The Morgan fingerprint density at radius 1 is 1.64 bits per heavy atom. The summed E-state index contributed by atoms with van der Waals surface area (Å²) in [4.78, 5) is 10.4. The first kappa shape index (κ1) is 11.0. The smallest absolute Gasteiger partial charge is 0.339 e. The molecule has 14 heavy (non-hydrogen) atoms. The molecule has 1 saturated heterocycles. The van der Waals surface area contributed by atoms with Crippen molar-refractivity contribution in [3.05, 3.63) is 17.4 Å². The second kappa shape index (κ2) is 3.96. The fourth-order valence-electron chi connectivity index (χ4n) is 1.08. The number of ether oxygens (including phenoxy) is 2. The first-order valence-electron chi connectivity index (χ1n) is 4.39. The van der Waals surface area contributed by atoms with E-state index in [4.69, 9.17) is 14.6 Å². The van der Waals surface area contributed by atoms with Gasteiger partial charge in [0, 0.05) is 0 Å². The Morgan fingerprint density at radius 2 is 2.29 bits per heavy atom. The van der Waals surface area contributed by atoms with Crippen LogP contribution in [0.1, 0.15) is 20.8 Å². The lowest BCUT2D eigenvalue weighted by atomic mass is 10.3. The summed E-state index contributed by atoms with van der Waals surface area (Å²) in [5, 5.41) is 8.57. The SMILES string of the molecule is CC(=C=CC1COC(C)(C)O1)C(=O)O. The Balaban J connectivity index is 2.63.